The number of hydrogen-bond donors (Lipinski definition) is 4. The van der Waals surface area contributed by atoms with Gasteiger partial charge in [0.1, 0.15) is 35.1 Å². The highest BCUT2D eigenvalue weighted by atomic mass is 16.5. The van der Waals surface area contributed by atoms with Crippen molar-refractivity contribution < 1.29 is 9.47 Å². The fourth-order valence-electron chi connectivity index (χ4n) is 3.75. The number of nitriles is 2. The van der Waals surface area contributed by atoms with Crippen LogP contribution in [0, 0.1) is 22.8 Å². The lowest BCUT2D eigenvalue weighted by Crippen LogP contribution is -2.36. The van der Waals surface area contributed by atoms with Gasteiger partial charge >= 0.3 is 0 Å². The molecule has 11 nitrogen and oxygen atoms in total. The number of anilines is 4. The minimum atomic E-state index is -0.666. The molecule has 1 aromatic heterocycles. The van der Waals surface area contributed by atoms with Gasteiger partial charge in [-0.05, 0) is 6.07 Å². The van der Waals surface area contributed by atoms with Crippen molar-refractivity contribution >= 4 is 29.0 Å². The van der Waals surface area contributed by atoms with Gasteiger partial charge in [-0.2, -0.15) is 10.5 Å². The van der Waals surface area contributed by atoms with Gasteiger partial charge in [0.05, 0.1) is 26.0 Å². The van der Waals surface area contributed by atoms with Gasteiger partial charge in [-0.25, -0.2) is 9.98 Å². The average molecular weight is 419 g/mol. The topological polar surface area (TPSA) is 171 Å². The van der Waals surface area contributed by atoms with Crippen molar-refractivity contribution in [2.75, 3.05) is 55.1 Å². The van der Waals surface area contributed by atoms with E-state index in [1.54, 1.807) is 7.11 Å². The van der Waals surface area contributed by atoms with E-state index in [0.717, 1.165) is 18.8 Å². The van der Waals surface area contributed by atoms with Gasteiger partial charge in [0, 0.05) is 36.0 Å². The summed E-state index contributed by atoms with van der Waals surface area (Å²) in [7, 11) is 1.58. The van der Waals surface area contributed by atoms with Gasteiger partial charge in [-0.1, -0.05) is 6.07 Å². The molecule has 0 radical (unpaired) electrons. The average Bonchev–Trinajstić information content (AvgIpc) is 2.79. The van der Waals surface area contributed by atoms with Gasteiger partial charge in [0.2, 0.25) is 5.96 Å². The number of nitrogens with zero attached hydrogens (tertiary/aromatic N) is 5. The van der Waals surface area contributed by atoms with Crippen LogP contribution in [-0.4, -0.2) is 44.4 Å². The number of nitrogens with two attached hydrogens (primary N) is 2. The second-order valence-corrected chi connectivity index (χ2v) is 6.93. The molecule has 6 N–H and O–H groups in total. The number of methoxy groups -OCH3 is 1. The van der Waals surface area contributed by atoms with Crippen molar-refractivity contribution in [1.29, 1.82) is 10.5 Å². The van der Waals surface area contributed by atoms with E-state index in [1.807, 2.05) is 30.5 Å². The Morgan fingerprint density at radius 1 is 1.29 bits per heavy atom. The molecular formula is C20H21N9O2. The van der Waals surface area contributed by atoms with Crippen LogP contribution in [0.3, 0.4) is 0 Å². The summed E-state index contributed by atoms with van der Waals surface area (Å²) in [5.41, 5.74) is 14.7. The summed E-state index contributed by atoms with van der Waals surface area (Å²) in [4.78, 5) is 11.1. The van der Waals surface area contributed by atoms with E-state index in [-0.39, 0.29) is 23.0 Å². The predicted octanol–water partition coefficient (Wildman–Crippen LogP) is 0.904. The number of guanidine groups is 1. The molecule has 31 heavy (non-hydrogen) atoms. The number of benzene rings is 1. The van der Waals surface area contributed by atoms with Crippen LogP contribution in [0.1, 0.15) is 22.7 Å². The lowest BCUT2D eigenvalue weighted by Gasteiger charge is -2.30. The van der Waals surface area contributed by atoms with Crippen LogP contribution in [0.5, 0.6) is 5.75 Å². The first-order valence-corrected chi connectivity index (χ1v) is 9.56. The summed E-state index contributed by atoms with van der Waals surface area (Å²) >= 11 is 0. The Bertz CT molecular complexity index is 1130. The molecule has 2 aliphatic heterocycles. The molecule has 1 atom stereocenters. The van der Waals surface area contributed by atoms with Crippen molar-refractivity contribution in [2.45, 2.75) is 6.04 Å². The van der Waals surface area contributed by atoms with Crippen molar-refractivity contribution in [2.24, 2.45) is 4.99 Å². The predicted molar refractivity (Wildman–Crippen MR) is 115 cm³/mol. The lowest BCUT2D eigenvalue weighted by molar-refractivity contribution is 0.122. The van der Waals surface area contributed by atoms with Crippen molar-refractivity contribution in [1.82, 2.24) is 10.3 Å². The molecule has 0 bridgehead atoms. The van der Waals surface area contributed by atoms with Gasteiger partial charge in [-0.3, -0.25) is 5.32 Å². The van der Waals surface area contributed by atoms with Gasteiger partial charge in [0.25, 0.3) is 0 Å². The molecule has 0 spiro atoms. The van der Waals surface area contributed by atoms with Crippen LogP contribution in [0.15, 0.2) is 23.2 Å². The first kappa shape index (κ1) is 20.1. The third-order valence-corrected chi connectivity index (χ3v) is 5.25. The second-order valence-electron chi connectivity index (χ2n) is 6.93. The monoisotopic (exact) mass is 419 g/mol. The number of morpholine rings is 1. The highest BCUT2D eigenvalue weighted by Crippen LogP contribution is 2.44. The zero-order chi connectivity index (χ0) is 22.0. The van der Waals surface area contributed by atoms with Crippen molar-refractivity contribution in [3.63, 3.8) is 0 Å². The molecule has 3 heterocycles. The summed E-state index contributed by atoms with van der Waals surface area (Å²) in [5, 5.41) is 23.9. The third kappa shape index (κ3) is 3.58. The molecule has 158 valence electrons. The van der Waals surface area contributed by atoms with E-state index in [2.05, 4.69) is 25.5 Å². The number of nitrogens with one attached hydrogen (secondary N) is 2. The molecule has 1 unspecified atom stereocenters. The molecule has 1 aromatic carbocycles. The third-order valence-electron chi connectivity index (χ3n) is 5.25. The molecule has 1 saturated heterocycles. The second kappa shape index (κ2) is 8.26. The number of nitrogen functional groups attached to an aromatic ring is 2. The number of fused-ring (bicyclic) bond motifs is 1. The summed E-state index contributed by atoms with van der Waals surface area (Å²) in [6.07, 6.45) is 1.84. The van der Waals surface area contributed by atoms with E-state index in [0.29, 0.717) is 35.9 Å². The molecule has 0 aliphatic carbocycles. The number of aromatic nitrogens is 1. The molecule has 4 rings (SSSR count). The van der Waals surface area contributed by atoms with Crippen LogP contribution in [0.4, 0.5) is 23.0 Å². The Hall–Kier alpha value is -4.22. The number of pyridine rings is 1. The van der Waals surface area contributed by atoms with Gasteiger partial charge in [0.15, 0.2) is 6.19 Å². The van der Waals surface area contributed by atoms with Crippen LogP contribution >= 0.6 is 0 Å². The SMILES string of the molecule is COc1cc(N2CCOCC2)ccc1C1N=C(NC#N)Nc2nc(N)c(C#N)c(N)c21. The minimum Gasteiger partial charge on any atom is -0.496 e. The fraction of sp³-hybridized carbons (Fsp3) is 0.300. The molecule has 0 amide bonds. The standard InChI is InChI=1S/C20H21N9O2/c1-30-14-8-11(29-4-6-31-7-5-29)2-3-12(14)17-15-16(23)13(9-21)18(24)27-19(15)28-20(26-17)25-10-22/h2-3,8,17H,4-7H2,1H3,(H6,23,24,25,26,27,28). The normalized spacial score (nSPS) is 17.5. The van der Waals surface area contributed by atoms with E-state index in [9.17, 15) is 5.26 Å². The van der Waals surface area contributed by atoms with Crippen molar-refractivity contribution in [3.8, 4) is 18.0 Å². The highest BCUT2D eigenvalue weighted by Gasteiger charge is 2.31. The van der Waals surface area contributed by atoms with Crippen LogP contribution in [0.25, 0.3) is 0 Å². The highest BCUT2D eigenvalue weighted by molar-refractivity contribution is 5.98. The Labute approximate surface area is 178 Å². The Kier molecular flexibility index (Phi) is 5.35. The maximum absolute atomic E-state index is 9.47. The smallest absolute Gasteiger partial charge is 0.211 e. The van der Waals surface area contributed by atoms with Crippen LogP contribution < -0.4 is 31.7 Å². The zero-order valence-corrected chi connectivity index (χ0v) is 16.8. The van der Waals surface area contributed by atoms with Gasteiger partial charge in [-0.15, -0.1) is 0 Å². The first-order valence-electron chi connectivity index (χ1n) is 9.56. The summed E-state index contributed by atoms with van der Waals surface area (Å²) in [6, 6.07) is 7.14. The Morgan fingerprint density at radius 3 is 2.74 bits per heavy atom. The number of rotatable bonds is 3. The largest absolute Gasteiger partial charge is 0.496 e. The summed E-state index contributed by atoms with van der Waals surface area (Å²) in [5.74, 6) is 1.11. The molecule has 1 fully saturated rings. The Morgan fingerprint density at radius 2 is 2.06 bits per heavy atom. The first-order chi connectivity index (χ1) is 15.1. The number of ether oxygens (including phenoxy) is 2. The minimum absolute atomic E-state index is 0.00200. The molecule has 0 saturated carbocycles. The van der Waals surface area contributed by atoms with E-state index in [4.69, 9.17) is 26.2 Å². The van der Waals surface area contributed by atoms with E-state index in [1.165, 1.54) is 0 Å². The maximum Gasteiger partial charge on any atom is 0.211 e. The van der Waals surface area contributed by atoms with Crippen LogP contribution in [-0.2, 0) is 4.74 Å². The number of hydrogen-bond acceptors (Lipinski definition) is 11. The molecular weight excluding hydrogens is 398 g/mol. The number of aliphatic imine (C=N–C) groups is 1. The summed E-state index contributed by atoms with van der Waals surface area (Å²) in [6.45, 7) is 2.91. The van der Waals surface area contributed by atoms with Crippen molar-refractivity contribution in [3.05, 3.63) is 34.9 Å². The molecule has 11 heteroatoms. The maximum atomic E-state index is 9.47. The zero-order valence-electron chi connectivity index (χ0n) is 16.8. The fourth-order valence-corrected chi connectivity index (χ4v) is 3.75. The van der Waals surface area contributed by atoms with Gasteiger partial charge < -0.3 is 31.2 Å². The summed E-state index contributed by atoms with van der Waals surface area (Å²) < 4.78 is 11.1. The van der Waals surface area contributed by atoms with E-state index >= 15 is 0 Å². The quantitative estimate of drug-likeness (QED) is 0.414. The Balaban J connectivity index is 1.85. The van der Waals surface area contributed by atoms with Crippen LogP contribution in [0.2, 0.25) is 0 Å². The lowest BCUT2D eigenvalue weighted by atomic mass is 9.94. The van der Waals surface area contributed by atoms with E-state index < -0.39 is 6.04 Å². The molecule has 2 aromatic rings. The molecule has 2 aliphatic rings.